The summed E-state index contributed by atoms with van der Waals surface area (Å²) in [5.74, 6) is 1.43. The standard InChI is InChI=1S/C18H20BrNO3/c1-2-10-20-18(21)14-8-9-17(16(19)13-14)23-12-11-22-15-6-4-3-5-7-15/h3-9,13H,2,10-12H2,1H3,(H,20,21). The van der Waals surface area contributed by atoms with Crippen molar-refractivity contribution in [1.82, 2.24) is 5.32 Å². The van der Waals surface area contributed by atoms with Crippen LogP contribution in [0.5, 0.6) is 11.5 Å². The molecule has 0 aliphatic rings. The molecule has 4 nitrogen and oxygen atoms in total. The van der Waals surface area contributed by atoms with Gasteiger partial charge in [0.05, 0.1) is 4.47 Å². The maximum atomic E-state index is 11.9. The largest absolute Gasteiger partial charge is 0.490 e. The molecule has 0 spiro atoms. The van der Waals surface area contributed by atoms with E-state index < -0.39 is 0 Å². The predicted octanol–water partition coefficient (Wildman–Crippen LogP) is 4.05. The molecular weight excluding hydrogens is 358 g/mol. The first-order chi connectivity index (χ1) is 11.2. The minimum Gasteiger partial charge on any atom is -0.490 e. The summed E-state index contributed by atoms with van der Waals surface area (Å²) in [6, 6.07) is 14.9. The first-order valence-corrected chi connectivity index (χ1v) is 8.38. The number of carbonyl (C=O) groups is 1. The highest BCUT2D eigenvalue weighted by Crippen LogP contribution is 2.26. The lowest BCUT2D eigenvalue weighted by molar-refractivity contribution is 0.0953. The number of amides is 1. The van der Waals surface area contributed by atoms with Crippen LogP contribution in [0.25, 0.3) is 0 Å². The summed E-state index contributed by atoms with van der Waals surface area (Å²) >= 11 is 3.43. The summed E-state index contributed by atoms with van der Waals surface area (Å²) in [4.78, 5) is 11.9. The van der Waals surface area contributed by atoms with Gasteiger partial charge in [0.15, 0.2) is 0 Å². The average molecular weight is 378 g/mol. The second-order valence-electron chi connectivity index (χ2n) is 4.91. The fraction of sp³-hybridized carbons (Fsp3) is 0.278. The molecule has 0 atom stereocenters. The van der Waals surface area contributed by atoms with Gasteiger partial charge in [0.1, 0.15) is 24.7 Å². The van der Waals surface area contributed by atoms with Crippen molar-refractivity contribution >= 4 is 21.8 Å². The summed E-state index contributed by atoms with van der Waals surface area (Å²) in [7, 11) is 0. The van der Waals surface area contributed by atoms with Gasteiger partial charge >= 0.3 is 0 Å². The molecule has 0 unspecified atom stereocenters. The Morgan fingerprint density at radius 3 is 2.52 bits per heavy atom. The van der Waals surface area contributed by atoms with E-state index in [2.05, 4.69) is 21.2 Å². The molecule has 1 N–H and O–H groups in total. The van der Waals surface area contributed by atoms with E-state index in [1.54, 1.807) is 18.2 Å². The second kappa shape index (κ2) is 9.20. The van der Waals surface area contributed by atoms with Crippen LogP contribution in [0.15, 0.2) is 53.0 Å². The van der Waals surface area contributed by atoms with Gasteiger partial charge in [-0.05, 0) is 52.7 Å². The molecule has 0 aromatic heterocycles. The zero-order chi connectivity index (χ0) is 16.5. The maximum absolute atomic E-state index is 11.9. The van der Waals surface area contributed by atoms with Gasteiger partial charge in [0.25, 0.3) is 5.91 Å². The topological polar surface area (TPSA) is 47.6 Å². The maximum Gasteiger partial charge on any atom is 0.251 e. The summed E-state index contributed by atoms with van der Waals surface area (Å²) in [5, 5.41) is 2.85. The molecule has 2 aromatic carbocycles. The number of hydrogen-bond acceptors (Lipinski definition) is 3. The number of benzene rings is 2. The van der Waals surface area contributed by atoms with Crippen molar-refractivity contribution in [1.29, 1.82) is 0 Å². The Balaban J connectivity index is 1.82. The van der Waals surface area contributed by atoms with Crippen molar-refractivity contribution < 1.29 is 14.3 Å². The van der Waals surface area contributed by atoms with E-state index in [0.29, 0.717) is 31.1 Å². The van der Waals surface area contributed by atoms with Crippen molar-refractivity contribution in [2.45, 2.75) is 13.3 Å². The van der Waals surface area contributed by atoms with Crippen molar-refractivity contribution in [3.63, 3.8) is 0 Å². The molecule has 0 bridgehead atoms. The molecule has 23 heavy (non-hydrogen) atoms. The van der Waals surface area contributed by atoms with Crippen LogP contribution in [0.4, 0.5) is 0 Å². The van der Waals surface area contributed by atoms with Gasteiger partial charge in [-0.3, -0.25) is 4.79 Å². The third-order valence-corrected chi connectivity index (χ3v) is 3.70. The van der Waals surface area contributed by atoms with Crippen molar-refractivity contribution in [2.75, 3.05) is 19.8 Å². The number of halogens is 1. The fourth-order valence-electron chi connectivity index (χ4n) is 1.93. The molecule has 122 valence electrons. The molecule has 5 heteroatoms. The number of carbonyl (C=O) groups excluding carboxylic acids is 1. The Morgan fingerprint density at radius 2 is 1.83 bits per heavy atom. The molecule has 0 aliphatic carbocycles. The Bertz CT molecular complexity index is 631. The molecule has 1 amide bonds. The first-order valence-electron chi connectivity index (χ1n) is 7.59. The number of hydrogen-bond donors (Lipinski definition) is 1. The van der Waals surface area contributed by atoms with Gasteiger partial charge < -0.3 is 14.8 Å². The van der Waals surface area contributed by atoms with Crippen molar-refractivity contribution in [3.05, 3.63) is 58.6 Å². The van der Waals surface area contributed by atoms with E-state index in [4.69, 9.17) is 9.47 Å². The number of ether oxygens (including phenoxy) is 2. The van der Waals surface area contributed by atoms with Crippen LogP contribution < -0.4 is 14.8 Å². The molecule has 2 rings (SSSR count). The minimum atomic E-state index is -0.0773. The van der Waals surface area contributed by atoms with E-state index >= 15 is 0 Å². The van der Waals surface area contributed by atoms with Gasteiger partial charge in [-0.1, -0.05) is 25.1 Å². The normalized spacial score (nSPS) is 10.2. The summed E-state index contributed by atoms with van der Waals surface area (Å²) < 4.78 is 12.0. The van der Waals surface area contributed by atoms with Crippen LogP contribution in [0.3, 0.4) is 0 Å². The fourth-order valence-corrected chi connectivity index (χ4v) is 2.42. The Kier molecular flexibility index (Phi) is 6.94. The van der Waals surface area contributed by atoms with Gasteiger partial charge in [0.2, 0.25) is 0 Å². The highest BCUT2D eigenvalue weighted by molar-refractivity contribution is 9.10. The summed E-state index contributed by atoms with van der Waals surface area (Å²) in [6.07, 6.45) is 0.912. The van der Waals surface area contributed by atoms with E-state index in [1.807, 2.05) is 37.3 Å². The Morgan fingerprint density at radius 1 is 1.09 bits per heavy atom. The SMILES string of the molecule is CCCNC(=O)c1ccc(OCCOc2ccccc2)c(Br)c1. The van der Waals surface area contributed by atoms with Crippen LogP contribution in [0.2, 0.25) is 0 Å². The lowest BCUT2D eigenvalue weighted by atomic mass is 10.2. The zero-order valence-corrected chi connectivity index (χ0v) is 14.6. The van der Waals surface area contributed by atoms with Crippen LogP contribution in [0, 0.1) is 0 Å². The second-order valence-corrected chi connectivity index (χ2v) is 5.77. The predicted molar refractivity (Wildman–Crippen MR) is 94.2 cm³/mol. The van der Waals surface area contributed by atoms with E-state index in [9.17, 15) is 4.79 Å². The molecule has 0 saturated carbocycles. The lowest BCUT2D eigenvalue weighted by Gasteiger charge is -2.11. The average Bonchev–Trinajstić information content (AvgIpc) is 2.58. The third kappa shape index (κ3) is 5.60. The van der Waals surface area contributed by atoms with E-state index in [-0.39, 0.29) is 5.91 Å². The smallest absolute Gasteiger partial charge is 0.251 e. The number of rotatable bonds is 8. The molecule has 2 aromatic rings. The Hall–Kier alpha value is -2.01. The van der Waals surface area contributed by atoms with Gasteiger partial charge in [-0.2, -0.15) is 0 Å². The molecule has 0 radical (unpaired) electrons. The van der Waals surface area contributed by atoms with Gasteiger partial charge in [-0.25, -0.2) is 0 Å². The van der Waals surface area contributed by atoms with Gasteiger partial charge in [0, 0.05) is 12.1 Å². The molecular formula is C18H20BrNO3. The molecule has 0 fully saturated rings. The highest BCUT2D eigenvalue weighted by atomic mass is 79.9. The first kappa shape index (κ1) is 17.3. The zero-order valence-electron chi connectivity index (χ0n) is 13.0. The van der Waals surface area contributed by atoms with Crippen LogP contribution in [0.1, 0.15) is 23.7 Å². The van der Waals surface area contributed by atoms with E-state index in [0.717, 1.165) is 16.6 Å². The molecule has 0 heterocycles. The highest BCUT2D eigenvalue weighted by Gasteiger charge is 2.08. The van der Waals surface area contributed by atoms with Crippen molar-refractivity contribution in [3.8, 4) is 11.5 Å². The van der Waals surface area contributed by atoms with Gasteiger partial charge in [-0.15, -0.1) is 0 Å². The van der Waals surface area contributed by atoms with E-state index in [1.165, 1.54) is 0 Å². The van der Waals surface area contributed by atoms with Crippen molar-refractivity contribution in [2.24, 2.45) is 0 Å². The number of nitrogens with one attached hydrogen (secondary N) is 1. The molecule has 0 saturated heterocycles. The monoisotopic (exact) mass is 377 g/mol. The summed E-state index contributed by atoms with van der Waals surface area (Å²) in [6.45, 7) is 3.57. The summed E-state index contributed by atoms with van der Waals surface area (Å²) in [5.41, 5.74) is 0.609. The minimum absolute atomic E-state index is 0.0773. The quantitative estimate of drug-likeness (QED) is 0.706. The van der Waals surface area contributed by atoms with Crippen LogP contribution in [-0.4, -0.2) is 25.7 Å². The molecule has 0 aliphatic heterocycles. The van der Waals surface area contributed by atoms with Crippen LogP contribution >= 0.6 is 15.9 Å². The van der Waals surface area contributed by atoms with Crippen LogP contribution in [-0.2, 0) is 0 Å². The Labute approximate surface area is 144 Å². The third-order valence-electron chi connectivity index (χ3n) is 3.08. The lowest BCUT2D eigenvalue weighted by Crippen LogP contribution is -2.23. The number of para-hydroxylation sites is 1.